The van der Waals surface area contributed by atoms with E-state index in [1.165, 1.54) is 11.3 Å². The Morgan fingerprint density at radius 2 is 1.84 bits per heavy atom. The van der Waals surface area contributed by atoms with Crippen molar-refractivity contribution < 1.29 is 0 Å². The highest BCUT2D eigenvalue weighted by molar-refractivity contribution is 7.13. The average molecular weight is 270 g/mol. The van der Waals surface area contributed by atoms with E-state index in [0.29, 0.717) is 5.82 Å². The van der Waals surface area contributed by atoms with E-state index < -0.39 is 0 Å². The van der Waals surface area contributed by atoms with E-state index in [4.69, 9.17) is 5.84 Å². The van der Waals surface area contributed by atoms with Crippen molar-refractivity contribution in [2.24, 2.45) is 0 Å². The minimum absolute atomic E-state index is 0.275. The van der Waals surface area contributed by atoms with Crippen LogP contribution in [0.2, 0.25) is 0 Å². The molecule has 2 heterocycles. The highest BCUT2D eigenvalue weighted by Crippen LogP contribution is 2.20. The van der Waals surface area contributed by atoms with Gasteiger partial charge in [0.05, 0.1) is 4.88 Å². The van der Waals surface area contributed by atoms with Gasteiger partial charge in [0.25, 0.3) is 5.56 Å². The van der Waals surface area contributed by atoms with Gasteiger partial charge in [-0.15, -0.1) is 21.5 Å². The first-order chi connectivity index (χ1) is 9.27. The molecule has 0 unspecified atom stereocenters. The largest absolute Gasteiger partial charge is 0.334 e. The van der Waals surface area contributed by atoms with Gasteiger partial charge in [0.1, 0.15) is 0 Å². The zero-order chi connectivity index (χ0) is 13.2. The molecule has 0 atom stereocenters. The lowest BCUT2D eigenvalue weighted by Gasteiger charge is -2.06. The first-order valence-electron chi connectivity index (χ1n) is 5.61. The van der Waals surface area contributed by atoms with E-state index >= 15 is 0 Å². The maximum absolute atomic E-state index is 12.2. The molecule has 0 bridgehead atoms. The summed E-state index contributed by atoms with van der Waals surface area (Å²) >= 11 is 1.43. The van der Waals surface area contributed by atoms with Crippen LogP contribution in [-0.4, -0.2) is 14.9 Å². The molecule has 0 aliphatic carbocycles. The van der Waals surface area contributed by atoms with Crippen molar-refractivity contribution in [3.05, 3.63) is 58.2 Å². The van der Waals surface area contributed by atoms with Crippen LogP contribution in [-0.2, 0) is 0 Å². The molecule has 0 spiro atoms. The van der Waals surface area contributed by atoms with E-state index in [9.17, 15) is 4.79 Å². The number of nitrogens with two attached hydrogens (primary N) is 1. The molecule has 2 aromatic heterocycles. The average Bonchev–Trinajstić information content (AvgIpc) is 2.97. The standard InChI is InChI=1S/C13H10N4OS/c14-17-12(9-5-2-1-3-6-9)16-15-11(13(17)18)10-7-4-8-19-10/h1-8H,14H2. The van der Waals surface area contributed by atoms with Gasteiger partial charge in [-0.05, 0) is 11.4 Å². The lowest BCUT2D eigenvalue weighted by atomic mass is 10.2. The molecule has 19 heavy (non-hydrogen) atoms. The van der Waals surface area contributed by atoms with Crippen LogP contribution >= 0.6 is 11.3 Å². The fraction of sp³-hybridized carbons (Fsp3) is 0. The van der Waals surface area contributed by atoms with Crippen molar-refractivity contribution in [1.82, 2.24) is 14.9 Å². The number of nitrogens with zero attached hydrogens (tertiary/aromatic N) is 3. The van der Waals surface area contributed by atoms with Crippen molar-refractivity contribution >= 4 is 11.3 Å². The van der Waals surface area contributed by atoms with Crippen LogP contribution < -0.4 is 11.4 Å². The number of nitrogen functional groups attached to an aromatic ring is 1. The van der Waals surface area contributed by atoms with Crippen molar-refractivity contribution in [2.75, 3.05) is 5.84 Å². The van der Waals surface area contributed by atoms with E-state index in [-0.39, 0.29) is 11.3 Å². The van der Waals surface area contributed by atoms with Crippen molar-refractivity contribution in [1.29, 1.82) is 0 Å². The summed E-state index contributed by atoms with van der Waals surface area (Å²) in [6, 6.07) is 12.9. The monoisotopic (exact) mass is 270 g/mol. The molecular formula is C13H10N4OS. The van der Waals surface area contributed by atoms with Crippen LogP contribution in [0.5, 0.6) is 0 Å². The fourth-order valence-corrected chi connectivity index (χ4v) is 2.45. The van der Waals surface area contributed by atoms with Gasteiger partial charge in [0.15, 0.2) is 11.5 Å². The molecule has 0 fully saturated rings. The van der Waals surface area contributed by atoms with Gasteiger partial charge < -0.3 is 5.84 Å². The first kappa shape index (κ1) is 11.6. The molecule has 5 nitrogen and oxygen atoms in total. The van der Waals surface area contributed by atoms with Crippen LogP contribution in [0.4, 0.5) is 0 Å². The van der Waals surface area contributed by atoms with Gasteiger partial charge in [-0.2, -0.15) is 0 Å². The lowest BCUT2D eigenvalue weighted by Crippen LogP contribution is -2.31. The predicted octanol–water partition coefficient (Wildman–Crippen LogP) is 1.75. The minimum atomic E-state index is -0.351. The number of aromatic nitrogens is 3. The summed E-state index contributed by atoms with van der Waals surface area (Å²) in [4.78, 5) is 13.0. The number of hydrogen-bond acceptors (Lipinski definition) is 5. The van der Waals surface area contributed by atoms with Crippen molar-refractivity contribution in [3.63, 3.8) is 0 Å². The Morgan fingerprint density at radius 3 is 2.53 bits per heavy atom. The third-order valence-electron chi connectivity index (χ3n) is 2.68. The third kappa shape index (κ3) is 2.02. The summed E-state index contributed by atoms with van der Waals surface area (Å²) in [5.41, 5.74) is 0.681. The summed E-state index contributed by atoms with van der Waals surface area (Å²) in [5, 5.41) is 9.94. The highest BCUT2D eigenvalue weighted by Gasteiger charge is 2.13. The second-order valence-electron chi connectivity index (χ2n) is 3.89. The smallest absolute Gasteiger partial charge is 0.299 e. The maximum Gasteiger partial charge on any atom is 0.299 e. The maximum atomic E-state index is 12.2. The number of thiophene rings is 1. The molecule has 0 aliphatic heterocycles. The number of hydrogen-bond donors (Lipinski definition) is 1. The number of benzene rings is 1. The van der Waals surface area contributed by atoms with Crippen molar-refractivity contribution in [2.45, 2.75) is 0 Å². The van der Waals surface area contributed by atoms with Crippen LogP contribution in [0.15, 0.2) is 52.6 Å². The molecule has 0 amide bonds. The summed E-state index contributed by atoms with van der Waals surface area (Å²) in [6.07, 6.45) is 0. The van der Waals surface area contributed by atoms with Gasteiger partial charge in [-0.3, -0.25) is 4.79 Å². The van der Waals surface area contributed by atoms with E-state index in [1.54, 1.807) is 0 Å². The van der Waals surface area contributed by atoms with E-state index in [0.717, 1.165) is 15.1 Å². The molecular weight excluding hydrogens is 260 g/mol. The Morgan fingerprint density at radius 1 is 1.05 bits per heavy atom. The predicted molar refractivity (Wildman–Crippen MR) is 75.2 cm³/mol. The zero-order valence-electron chi connectivity index (χ0n) is 9.85. The fourth-order valence-electron chi connectivity index (χ4n) is 1.75. The third-order valence-corrected chi connectivity index (χ3v) is 3.56. The van der Waals surface area contributed by atoms with E-state index in [2.05, 4.69) is 10.2 Å². The van der Waals surface area contributed by atoms with Crippen LogP contribution in [0.1, 0.15) is 0 Å². The molecule has 2 N–H and O–H groups in total. The molecule has 6 heteroatoms. The Bertz CT molecular complexity index is 750. The SMILES string of the molecule is Nn1c(-c2ccccc2)nnc(-c2cccs2)c1=O. The summed E-state index contributed by atoms with van der Waals surface area (Å²) in [5.74, 6) is 6.18. The van der Waals surface area contributed by atoms with Crippen LogP contribution in [0.3, 0.4) is 0 Å². The van der Waals surface area contributed by atoms with Crippen LogP contribution in [0, 0.1) is 0 Å². The summed E-state index contributed by atoms with van der Waals surface area (Å²) in [6.45, 7) is 0. The second kappa shape index (κ2) is 4.66. The van der Waals surface area contributed by atoms with E-state index in [1.807, 2.05) is 47.8 Å². The molecule has 0 aliphatic rings. The normalized spacial score (nSPS) is 10.5. The van der Waals surface area contributed by atoms with Crippen molar-refractivity contribution in [3.8, 4) is 22.0 Å². The van der Waals surface area contributed by atoms with Gasteiger partial charge >= 0.3 is 0 Å². The Labute approximate surface area is 112 Å². The first-order valence-corrected chi connectivity index (χ1v) is 6.49. The quantitative estimate of drug-likeness (QED) is 0.720. The Kier molecular flexibility index (Phi) is 2.85. The molecule has 0 saturated heterocycles. The molecule has 3 rings (SSSR count). The molecule has 0 radical (unpaired) electrons. The molecule has 94 valence electrons. The van der Waals surface area contributed by atoms with Gasteiger partial charge in [0.2, 0.25) is 0 Å². The highest BCUT2D eigenvalue weighted by atomic mass is 32.1. The second-order valence-corrected chi connectivity index (χ2v) is 4.84. The lowest BCUT2D eigenvalue weighted by molar-refractivity contribution is 0.843. The Balaban J connectivity index is 2.17. The van der Waals surface area contributed by atoms with Crippen LogP contribution in [0.25, 0.3) is 22.0 Å². The summed E-state index contributed by atoms with van der Waals surface area (Å²) in [7, 11) is 0. The molecule has 0 saturated carbocycles. The van der Waals surface area contributed by atoms with Gasteiger partial charge in [-0.1, -0.05) is 36.4 Å². The summed E-state index contributed by atoms with van der Waals surface area (Å²) < 4.78 is 1.04. The Hall–Kier alpha value is -2.47. The van der Waals surface area contributed by atoms with Gasteiger partial charge in [0, 0.05) is 5.56 Å². The molecule has 1 aromatic carbocycles. The topological polar surface area (TPSA) is 73.8 Å². The minimum Gasteiger partial charge on any atom is -0.334 e. The zero-order valence-corrected chi connectivity index (χ0v) is 10.7. The number of rotatable bonds is 2. The molecule has 3 aromatic rings. The van der Waals surface area contributed by atoms with Gasteiger partial charge in [-0.25, -0.2) is 4.68 Å².